The fourth-order valence-electron chi connectivity index (χ4n) is 1.27. The van der Waals surface area contributed by atoms with Crippen LogP contribution in [-0.4, -0.2) is 35.9 Å². The summed E-state index contributed by atoms with van der Waals surface area (Å²) >= 11 is 0. The summed E-state index contributed by atoms with van der Waals surface area (Å²) in [5, 5.41) is 25.3. The van der Waals surface area contributed by atoms with Crippen molar-refractivity contribution in [3.63, 3.8) is 0 Å². The minimum absolute atomic E-state index is 0.164. The number of hydrogen-bond donors (Lipinski definition) is 4. The molecule has 7 nitrogen and oxygen atoms in total. The van der Waals surface area contributed by atoms with Crippen molar-refractivity contribution >= 4 is 24.8 Å². The Balaban J connectivity index is 3.07. The summed E-state index contributed by atoms with van der Waals surface area (Å²) in [7, 11) is -1.56. The second-order valence-corrected chi connectivity index (χ2v) is 3.37. The van der Waals surface area contributed by atoms with Crippen molar-refractivity contribution in [1.29, 1.82) is 0 Å². The number of rotatable bonds is 5. The first kappa shape index (κ1) is 14.0. The van der Waals surface area contributed by atoms with Gasteiger partial charge in [0.05, 0.1) is 12.8 Å². The molecule has 6 N–H and O–H groups in total. The zero-order chi connectivity index (χ0) is 13.5. The highest BCUT2D eigenvalue weighted by atomic mass is 16.5. The molecule has 8 heteroatoms. The molecule has 1 aromatic carbocycles. The van der Waals surface area contributed by atoms with E-state index in [-0.39, 0.29) is 5.96 Å². The predicted octanol–water partition coefficient (Wildman–Crippen LogP) is -1.63. The Kier molecular flexibility index (Phi) is 5.16. The Labute approximate surface area is 105 Å². The lowest BCUT2D eigenvalue weighted by Crippen LogP contribution is -2.30. The van der Waals surface area contributed by atoms with Crippen LogP contribution in [0, 0.1) is 0 Å². The Hall–Kier alpha value is -2.06. The molecule has 0 saturated heterocycles. The molecule has 0 heterocycles. The van der Waals surface area contributed by atoms with Crippen molar-refractivity contribution in [3.05, 3.63) is 23.8 Å². The quantitative estimate of drug-likeness (QED) is 0.216. The lowest BCUT2D eigenvalue weighted by molar-refractivity contribution is 0.340. The van der Waals surface area contributed by atoms with Crippen molar-refractivity contribution in [2.24, 2.45) is 21.7 Å². The van der Waals surface area contributed by atoms with E-state index in [1.807, 2.05) is 6.92 Å². The predicted molar refractivity (Wildman–Crippen MR) is 70.8 cm³/mol. The van der Waals surface area contributed by atoms with Crippen LogP contribution >= 0.6 is 0 Å². The van der Waals surface area contributed by atoms with Gasteiger partial charge in [-0.25, -0.2) is 0 Å². The number of ether oxygens (including phenoxy) is 1. The molecule has 0 aliphatic rings. The highest BCUT2D eigenvalue weighted by Crippen LogP contribution is 2.15. The molecule has 0 unspecified atom stereocenters. The Morgan fingerprint density at radius 2 is 2.17 bits per heavy atom. The Morgan fingerprint density at radius 1 is 1.44 bits per heavy atom. The van der Waals surface area contributed by atoms with Gasteiger partial charge in [0.25, 0.3) is 0 Å². The third-order valence-corrected chi connectivity index (χ3v) is 2.00. The zero-order valence-corrected chi connectivity index (χ0v) is 9.95. The zero-order valence-electron chi connectivity index (χ0n) is 9.95. The fraction of sp³-hybridized carbons (Fsp3) is 0.200. The monoisotopic (exact) mass is 250 g/mol. The molecule has 0 aliphatic heterocycles. The van der Waals surface area contributed by atoms with Crippen LogP contribution in [-0.2, 0) is 0 Å². The molecule has 0 spiro atoms. The van der Waals surface area contributed by atoms with Crippen LogP contribution in [0.3, 0.4) is 0 Å². The molecule has 0 saturated carbocycles. The molecule has 0 aliphatic carbocycles. The molecule has 1 aromatic rings. The van der Waals surface area contributed by atoms with Gasteiger partial charge in [0.2, 0.25) is 5.96 Å². The molecule has 0 aromatic heterocycles. The minimum Gasteiger partial charge on any atom is -0.493 e. The maximum Gasteiger partial charge on any atom is 0.488 e. The summed E-state index contributed by atoms with van der Waals surface area (Å²) in [5.74, 6) is 0.388. The van der Waals surface area contributed by atoms with E-state index in [4.69, 9.17) is 26.3 Å². The van der Waals surface area contributed by atoms with E-state index in [2.05, 4.69) is 10.2 Å². The lowest BCUT2D eigenvalue weighted by atomic mass is 9.79. The first-order valence-electron chi connectivity index (χ1n) is 5.29. The van der Waals surface area contributed by atoms with Gasteiger partial charge in [0.1, 0.15) is 5.75 Å². The molecule has 0 amide bonds. The normalized spacial score (nSPS) is 10.4. The number of hydrogen-bond acceptors (Lipinski definition) is 5. The standard InChI is InChI=1S/C10H15BN4O3/c1-2-18-9-4-3-8(11(16)17)5-7(9)6-14-15-10(12)13/h3-6,16-17H,2H2,1H3,(H4,12,13,15). The molecule has 0 fully saturated rings. The van der Waals surface area contributed by atoms with Crippen LogP contribution in [0.1, 0.15) is 12.5 Å². The summed E-state index contributed by atoms with van der Waals surface area (Å²) in [6.45, 7) is 2.32. The average molecular weight is 250 g/mol. The fourth-order valence-corrected chi connectivity index (χ4v) is 1.27. The first-order chi connectivity index (χ1) is 8.54. The molecule has 96 valence electrons. The lowest BCUT2D eigenvalue weighted by Gasteiger charge is -2.08. The minimum atomic E-state index is -1.56. The first-order valence-corrected chi connectivity index (χ1v) is 5.29. The maximum atomic E-state index is 9.09. The van der Waals surface area contributed by atoms with Crippen LogP contribution in [0.4, 0.5) is 0 Å². The SMILES string of the molecule is CCOc1ccc(B(O)O)cc1C=NN=C(N)N. The van der Waals surface area contributed by atoms with Crippen molar-refractivity contribution in [3.8, 4) is 5.75 Å². The van der Waals surface area contributed by atoms with Gasteiger partial charge in [-0.2, -0.15) is 5.10 Å². The Bertz CT molecular complexity index is 458. The number of nitrogens with zero attached hydrogens (tertiary/aromatic N) is 2. The van der Waals surface area contributed by atoms with E-state index in [1.165, 1.54) is 12.3 Å². The van der Waals surface area contributed by atoms with Crippen LogP contribution < -0.4 is 21.7 Å². The molecule has 0 atom stereocenters. The second-order valence-electron chi connectivity index (χ2n) is 3.37. The summed E-state index contributed by atoms with van der Waals surface area (Å²) in [5.41, 5.74) is 11.1. The van der Waals surface area contributed by atoms with Crippen molar-refractivity contribution < 1.29 is 14.8 Å². The van der Waals surface area contributed by atoms with E-state index >= 15 is 0 Å². The highest BCUT2D eigenvalue weighted by molar-refractivity contribution is 6.58. The van der Waals surface area contributed by atoms with Gasteiger partial charge in [-0.3, -0.25) is 0 Å². The smallest absolute Gasteiger partial charge is 0.488 e. The molecule has 0 radical (unpaired) electrons. The van der Waals surface area contributed by atoms with Crippen LogP contribution in [0.25, 0.3) is 0 Å². The average Bonchev–Trinajstić information content (AvgIpc) is 2.30. The molecule has 18 heavy (non-hydrogen) atoms. The third kappa shape index (κ3) is 4.08. The molecule has 0 bridgehead atoms. The summed E-state index contributed by atoms with van der Waals surface area (Å²) in [4.78, 5) is 0. The number of nitrogens with two attached hydrogens (primary N) is 2. The third-order valence-electron chi connectivity index (χ3n) is 2.00. The largest absolute Gasteiger partial charge is 0.493 e. The van der Waals surface area contributed by atoms with Gasteiger partial charge in [0, 0.05) is 5.56 Å². The highest BCUT2D eigenvalue weighted by Gasteiger charge is 2.13. The number of benzene rings is 1. The van der Waals surface area contributed by atoms with Crippen molar-refractivity contribution in [2.45, 2.75) is 6.92 Å². The topological polar surface area (TPSA) is 126 Å². The molecular formula is C10H15BN4O3. The maximum absolute atomic E-state index is 9.09. The summed E-state index contributed by atoms with van der Waals surface area (Å²) in [6.07, 6.45) is 1.37. The van der Waals surface area contributed by atoms with Gasteiger partial charge in [-0.15, -0.1) is 5.10 Å². The van der Waals surface area contributed by atoms with Crippen molar-refractivity contribution in [1.82, 2.24) is 0 Å². The van der Waals surface area contributed by atoms with Crippen molar-refractivity contribution in [2.75, 3.05) is 6.61 Å². The molecular weight excluding hydrogens is 235 g/mol. The van der Waals surface area contributed by atoms with Crippen LogP contribution in [0.2, 0.25) is 0 Å². The van der Waals surface area contributed by atoms with Gasteiger partial charge < -0.3 is 26.3 Å². The second kappa shape index (κ2) is 6.62. The van der Waals surface area contributed by atoms with Gasteiger partial charge in [-0.05, 0) is 24.5 Å². The molecule has 1 rings (SSSR count). The van der Waals surface area contributed by atoms with Gasteiger partial charge in [0.15, 0.2) is 0 Å². The number of guanidine groups is 1. The van der Waals surface area contributed by atoms with E-state index in [0.717, 1.165) is 0 Å². The van der Waals surface area contributed by atoms with E-state index < -0.39 is 7.12 Å². The summed E-state index contributed by atoms with van der Waals surface area (Å²) in [6, 6.07) is 4.70. The van der Waals surface area contributed by atoms with Crippen LogP contribution in [0.15, 0.2) is 28.4 Å². The summed E-state index contributed by atoms with van der Waals surface area (Å²) < 4.78 is 5.36. The van der Waals surface area contributed by atoms with Gasteiger partial charge in [-0.1, -0.05) is 6.07 Å². The Morgan fingerprint density at radius 3 is 2.72 bits per heavy atom. The van der Waals surface area contributed by atoms with E-state index in [9.17, 15) is 0 Å². The van der Waals surface area contributed by atoms with E-state index in [0.29, 0.717) is 23.4 Å². The van der Waals surface area contributed by atoms with Crippen LogP contribution in [0.5, 0.6) is 5.75 Å². The van der Waals surface area contributed by atoms with E-state index in [1.54, 1.807) is 12.1 Å². The van der Waals surface area contributed by atoms with Gasteiger partial charge >= 0.3 is 7.12 Å².